The molecule has 138 valence electrons. The number of esters is 1. The molecular weight excluding hydrogens is 358 g/mol. The van der Waals surface area contributed by atoms with Gasteiger partial charge in [0, 0.05) is 17.9 Å². The van der Waals surface area contributed by atoms with E-state index in [0.717, 1.165) is 30.8 Å². The average molecular weight is 379 g/mol. The number of piperidine rings is 1. The molecule has 8 nitrogen and oxygen atoms in total. The van der Waals surface area contributed by atoms with Crippen molar-refractivity contribution in [1.82, 2.24) is 14.8 Å². The lowest BCUT2D eigenvalue weighted by Crippen LogP contribution is -3.14. The molecule has 2 aromatic rings. The maximum Gasteiger partial charge on any atom is 0.309 e. The van der Waals surface area contributed by atoms with Crippen LogP contribution in [0.3, 0.4) is 0 Å². The predicted molar refractivity (Wildman–Crippen MR) is 95.3 cm³/mol. The summed E-state index contributed by atoms with van der Waals surface area (Å²) in [7, 11) is 1.41. The van der Waals surface area contributed by atoms with Crippen molar-refractivity contribution >= 4 is 29.2 Å². The maximum atomic E-state index is 12.5. The second-order valence-corrected chi connectivity index (χ2v) is 6.71. The fourth-order valence-electron chi connectivity index (χ4n) is 3.17. The van der Waals surface area contributed by atoms with Crippen LogP contribution in [0.5, 0.6) is 0 Å². The van der Waals surface area contributed by atoms with Gasteiger partial charge in [-0.1, -0.05) is 11.6 Å². The largest absolute Gasteiger partial charge is 0.469 e. The summed E-state index contributed by atoms with van der Waals surface area (Å²) in [6, 6.07) is 5.20. The monoisotopic (exact) mass is 378 g/mol. The third-order valence-corrected chi connectivity index (χ3v) is 4.77. The smallest absolute Gasteiger partial charge is 0.309 e. The Labute approximate surface area is 156 Å². The quantitative estimate of drug-likeness (QED) is 0.732. The zero-order chi connectivity index (χ0) is 18.5. The molecule has 26 heavy (non-hydrogen) atoms. The van der Waals surface area contributed by atoms with Gasteiger partial charge in [0.15, 0.2) is 6.54 Å². The molecule has 2 heterocycles. The van der Waals surface area contributed by atoms with Gasteiger partial charge in [0.1, 0.15) is 12.7 Å². The van der Waals surface area contributed by atoms with Gasteiger partial charge >= 0.3 is 5.97 Å². The van der Waals surface area contributed by atoms with Crippen LogP contribution >= 0.6 is 11.6 Å². The Hall–Kier alpha value is -2.45. The molecule has 1 amide bonds. The second kappa shape index (κ2) is 8.29. The number of anilines is 1. The van der Waals surface area contributed by atoms with Crippen molar-refractivity contribution in [3.05, 3.63) is 35.9 Å². The van der Waals surface area contributed by atoms with Gasteiger partial charge in [-0.05, 0) is 18.2 Å². The predicted octanol–water partition coefficient (Wildman–Crippen LogP) is 0.327. The van der Waals surface area contributed by atoms with Crippen molar-refractivity contribution < 1.29 is 19.2 Å². The lowest BCUT2D eigenvalue weighted by Gasteiger charge is -2.27. The highest BCUT2D eigenvalue weighted by Gasteiger charge is 2.29. The number of nitrogens with one attached hydrogen (secondary N) is 2. The molecule has 0 radical (unpaired) electrons. The summed E-state index contributed by atoms with van der Waals surface area (Å²) in [6.45, 7) is 1.86. The molecule has 1 aromatic carbocycles. The van der Waals surface area contributed by atoms with E-state index in [1.54, 1.807) is 29.2 Å². The third kappa shape index (κ3) is 4.39. The number of methoxy groups -OCH3 is 1. The van der Waals surface area contributed by atoms with Gasteiger partial charge in [-0.25, -0.2) is 9.67 Å². The van der Waals surface area contributed by atoms with Crippen LogP contribution in [-0.2, 0) is 14.3 Å². The Kier molecular flexibility index (Phi) is 5.85. The van der Waals surface area contributed by atoms with Gasteiger partial charge in [-0.3, -0.25) is 9.59 Å². The molecule has 9 heteroatoms. The number of hydrogen-bond donors (Lipinski definition) is 2. The number of aromatic nitrogens is 3. The van der Waals surface area contributed by atoms with E-state index in [1.807, 2.05) is 0 Å². The Morgan fingerprint density at radius 1 is 1.38 bits per heavy atom. The van der Waals surface area contributed by atoms with E-state index in [-0.39, 0.29) is 17.8 Å². The molecule has 1 aliphatic heterocycles. The highest BCUT2D eigenvalue weighted by molar-refractivity contribution is 6.31. The Balaban J connectivity index is 1.61. The molecule has 1 aromatic heterocycles. The van der Waals surface area contributed by atoms with E-state index in [9.17, 15) is 9.59 Å². The minimum atomic E-state index is -0.162. The van der Waals surface area contributed by atoms with Crippen LogP contribution < -0.4 is 10.2 Å². The summed E-state index contributed by atoms with van der Waals surface area (Å²) in [4.78, 5) is 29.1. The Bertz CT molecular complexity index is 773. The van der Waals surface area contributed by atoms with Crippen LogP contribution in [0.1, 0.15) is 12.8 Å². The SMILES string of the molecule is COC(=O)C1CC[NH+](CC(=O)Nc2cc(Cl)ccc2-n2cncn2)CC1. The van der Waals surface area contributed by atoms with Crippen LogP contribution in [0, 0.1) is 5.92 Å². The summed E-state index contributed by atoms with van der Waals surface area (Å²) < 4.78 is 6.36. The molecule has 0 saturated carbocycles. The molecule has 0 spiro atoms. The van der Waals surface area contributed by atoms with Gasteiger partial charge in [-0.15, -0.1) is 0 Å². The van der Waals surface area contributed by atoms with Crippen LogP contribution in [-0.4, -0.2) is 53.4 Å². The lowest BCUT2D eigenvalue weighted by atomic mass is 9.97. The number of hydrogen-bond acceptors (Lipinski definition) is 5. The fourth-order valence-corrected chi connectivity index (χ4v) is 3.34. The number of halogens is 1. The van der Waals surface area contributed by atoms with Crippen molar-refractivity contribution in [3.8, 4) is 5.69 Å². The Morgan fingerprint density at radius 3 is 2.81 bits per heavy atom. The first-order chi connectivity index (χ1) is 12.6. The van der Waals surface area contributed by atoms with Crippen LogP contribution in [0.2, 0.25) is 5.02 Å². The summed E-state index contributed by atoms with van der Waals surface area (Å²) in [5.41, 5.74) is 1.27. The zero-order valence-corrected chi connectivity index (χ0v) is 15.2. The van der Waals surface area contributed by atoms with E-state index >= 15 is 0 Å². The van der Waals surface area contributed by atoms with Crippen molar-refractivity contribution in [2.45, 2.75) is 12.8 Å². The van der Waals surface area contributed by atoms with E-state index in [2.05, 4.69) is 15.4 Å². The van der Waals surface area contributed by atoms with E-state index < -0.39 is 0 Å². The van der Waals surface area contributed by atoms with Gasteiger partial charge in [0.05, 0.1) is 37.5 Å². The maximum absolute atomic E-state index is 12.5. The molecule has 0 unspecified atom stereocenters. The fraction of sp³-hybridized carbons (Fsp3) is 0.412. The number of ether oxygens (including phenoxy) is 1. The van der Waals surface area contributed by atoms with Gasteiger partial charge in [-0.2, -0.15) is 5.10 Å². The topological polar surface area (TPSA) is 90.6 Å². The molecule has 0 aliphatic carbocycles. The first-order valence-corrected chi connectivity index (χ1v) is 8.80. The summed E-state index contributed by atoms with van der Waals surface area (Å²) in [5.74, 6) is -0.330. The van der Waals surface area contributed by atoms with E-state index in [4.69, 9.17) is 16.3 Å². The molecule has 3 rings (SSSR count). The number of quaternary nitrogens is 1. The molecule has 1 aliphatic rings. The summed E-state index contributed by atoms with van der Waals surface area (Å²) in [5, 5.41) is 7.53. The number of carbonyl (C=O) groups is 2. The average Bonchev–Trinajstić information content (AvgIpc) is 3.16. The minimum Gasteiger partial charge on any atom is -0.469 e. The van der Waals surface area contributed by atoms with Crippen molar-refractivity contribution in [2.75, 3.05) is 32.1 Å². The summed E-state index contributed by atoms with van der Waals surface area (Å²) >= 11 is 6.07. The molecular formula is C17H21ClN5O3+. The van der Waals surface area contributed by atoms with Crippen molar-refractivity contribution in [1.29, 1.82) is 0 Å². The molecule has 0 bridgehead atoms. The van der Waals surface area contributed by atoms with Crippen molar-refractivity contribution in [3.63, 3.8) is 0 Å². The molecule has 1 saturated heterocycles. The van der Waals surface area contributed by atoms with Crippen LogP contribution in [0.25, 0.3) is 5.69 Å². The number of likely N-dealkylation sites (tertiary alicyclic amines) is 1. The standard InChI is InChI=1S/C17H20ClN5O3/c1-26-17(25)12-4-6-22(7-5-12)9-16(24)21-14-8-13(18)2-3-15(14)23-11-19-10-20-23/h2-3,8,10-12H,4-7,9H2,1H3,(H,21,24)/p+1. The molecule has 2 N–H and O–H groups in total. The first kappa shape index (κ1) is 18.3. The zero-order valence-electron chi connectivity index (χ0n) is 14.4. The van der Waals surface area contributed by atoms with Crippen LogP contribution in [0.15, 0.2) is 30.9 Å². The second-order valence-electron chi connectivity index (χ2n) is 6.27. The number of amides is 1. The number of rotatable bonds is 5. The van der Waals surface area contributed by atoms with Gasteiger partial charge in [0.2, 0.25) is 0 Å². The van der Waals surface area contributed by atoms with Gasteiger partial charge in [0.25, 0.3) is 5.91 Å². The number of nitrogens with zero attached hydrogens (tertiary/aromatic N) is 3. The van der Waals surface area contributed by atoms with Gasteiger partial charge < -0.3 is 15.0 Å². The third-order valence-electron chi connectivity index (χ3n) is 4.54. The first-order valence-electron chi connectivity index (χ1n) is 8.42. The van der Waals surface area contributed by atoms with Crippen molar-refractivity contribution in [2.24, 2.45) is 5.92 Å². The van der Waals surface area contributed by atoms with E-state index in [1.165, 1.54) is 13.4 Å². The normalized spacial score (nSPS) is 19.8. The lowest BCUT2D eigenvalue weighted by molar-refractivity contribution is -0.897. The molecule has 0 atom stereocenters. The number of carbonyl (C=O) groups excluding carboxylic acids is 2. The number of benzene rings is 1. The summed E-state index contributed by atoms with van der Waals surface area (Å²) in [6.07, 6.45) is 4.45. The minimum absolute atomic E-state index is 0.0568. The highest BCUT2D eigenvalue weighted by atomic mass is 35.5. The molecule has 1 fully saturated rings. The van der Waals surface area contributed by atoms with Crippen LogP contribution in [0.4, 0.5) is 5.69 Å². The highest BCUT2D eigenvalue weighted by Crippen LogP contribution is 2.23. The van der Waals surface area contributed by atoms with E-state index in [0.29, 0.717) is 22.9 Å². The Morgan fingerprint density at radius 2 is 2.15 bits per heavy atom.